The Bertz CT molecular complexity index is 398. The lowest BCUT2D eigenvalue weighted by atomic mass is 10.1. The second-order valence-corrected chi connectivity index (χ2v) is 4.93. The number of aliphatic carboxylic acids is 1. The molecule has 0 aromatic heterocycles. The van der Waals surface area contributed by atoms with Crippen LogP contribution in [0.1, 0.15) is 26.2 Å². The van der Waals surface area contributed by atoms with Crippen molar-refractivity contribution in [2.45, 2.75) is 44.4 Å². The fraction of sp³-hybridized carbons (Fsp3) is 0.750. The maximum absolute atomic E-state index is 11.7. The molecule has 2 rings (SSSR count). The summed E-state index contributed by atoms with van der Waals surface area (Å²) >= 11 is 0. The maximum atomic E-state index is 11.7. The van der Waals surface area contributed by atoms with Gasteiger partial charge in [-0.25, -0.2) is 4.79 Å². The molecule has 2 aliphatic rings. The summed E-state index contributed by atoms with van der Waals surface area (Å²) in [6, 6.07) is -0.342. The smallest absolute Gasteiger partial charge is 0.332 e. The van der Waals surface area contributed by atoms with E-state index in [1.54, 1.807) is 4.90 Å². The number of carboxylic acid groups (broad SMARTS) is 1. The largest absolute Gasteiger partial charge is 0.479 e. The molecule has 2 saturated heterocycles. The molecule has 0 aliphatic carbocycles. The van der Waals surface area contributed by atoms with Crippen LogP contribution in [0.3, 0.4) is 0 Å². The number of nitrogens with zero attached hydrogens (tertiary/aromatic N) is 1. The zero-order chi connectivity index (χ0) is 14.0. The van der Waals surface area contributed by atoms with E-state index in [9.17, 15) is 14.4 Å². The van der Waals surface area contributed by atoms with Crippen LogP contribution in [0.4, 0.5) is 0 Å². The summed E-state index contributed by atoms with van der Waals surface area (Å²) in [6.45, 7) is 2.45. The minimum Gasteiger partial charge on any atom is -0.479 e. The number of hydrogen-bond donors (Lipinski definition) is 2. The summed E-state index contributed by atoms with van der Waals surface area (Å²) in [5, 5.41) is 11.2. The van der Waals surface area contributed by atoms with E-state index in [0.29, 0.717) is 25.8 Å². The summed E-state index contributed by atoms with van der Waals surface area (Å²) < 4.78 is 5.40. The molecule has 2 aliphatic heterocycles. The number of ether oxygens (including phenoxy) is 1. The molecule has 2 N–H and O–H groups in total. The van der Waals surface area contributed by atoms with Gasteiger partial charge in [-0.2, -0.15) is 0 Å². The molecule has 0 bridgehead atoms. The van der Waals surface area contributed by atoms with E-state index in [1.165, 1.54) is 0 Å². The van der Waals surface area contributed by atoms with Crippen molar-refractivity contribution < 1.29 is 24.2 Å². The molecule has 106 valence electrons. The first-order valence-corrected chi connectivity index (χ1v) is 6.47. The van der Waals surface area contributed by atoms with Crippen LogP contribution in [0.2, 0.25) is 0 Å². The summed E-state index contributed by atoms with van der Waals surface area (Å²) in [6.07, 6.45) is 0.729. The second-order valence-electron chi connectivity index (χ2n) is 4.93. The van der Waals surface area contributed by atoms with Gasteiger partial charge in [-0.3, -0.25) is 19.8 Å². The Hall–Kier alpha value is -1.47. The Morgan fingerprint density at radius 3 is 2.79 bits per heavy atom. The van der Waals surface area contributed by atoms with Gasteiger partial charge in [-0.1, -0.05) is 6.92 Å². The molecule has 3 atom stereocenters. The highest BCUT2D eigenvalue weighted by Gasteiger charge is 2.37. The van der Waals surface area contributed by atoms with Gasteiger partial charge >= 0.3 is 5.97 Å². The van der Waals surface area contributed by atoms with Gasteiger partial charge in [0.2, 0.25) is 11.8 Å². The summed E-state index contributed by atoms with van der Waals surface area (Å²) in [4.78, 5) is 35.6. The summed E-state index contributed by atoms with van der Waals surface area (Å²) in [5.74, 6) is -1.56. The number of hydrogen-bond acceptors (Lipinski definition) is 5. The van der Waals surface area contributed by atoms with Gasteiger partial charge in [0, 0.05) is 6.54 Å². The number of nitrogens with one attached hydrogen (secondary N) is 1. The third-order valence-electron chi connectivity index (χ3n) is 3.56. The molecule has 0 aromatic rings. The number of carbonyl (C=O) groups is 3. The molecule has 19 heavy (non-hydrogen) atoms. The van der Waals surface area contributed by atoms with Crippen LogP contribution in [-0.4, -0.2) is 59.1 Å². The minimum absolute atomic E-state index is 0.155. The third-order valence-corrected chi connectivity index (χ3v) is 3.56. The average Bonchev–Trinajstić information content (AvgIpc) is 2.77. The highest BCUT2D eigenvalue weighted by molar-refractivity contribution is 6.01. The molecule has 0 saturated carbocycles. The minimum atomic E-state index is -0.956. The lowest BCUT2D eigenvalue weighted by molar-refractivity contribution is -0.151. The standard InChI is InChI=1S/C12H18N2O5/c1-2-8-11(16)13-10(15)6-14(8)5-7-3-4-9(19-7)12(17)18/h7-9H,2-6H2,1H3,(H,17,18)(H,13,15,16). The fourth-order valence-electron chi connectivity index (χ4n) is 2.64. The van der Waals surface area contributed by atoms with Crippen molar-refractivity contribution in [3.63, 3.8) is 0 Å². The van der Waals surface area contributed by atoms with Crippen LogP contribution in [0.15, 0.2) is 0 Å². The SMILES string of the molecule is CCC1C(=O)NC(=O)CN1CC1CCC(C(=O)O)O1. The van der Waals surface area contributed by atoms with Crippen molar-refractivity contribution in [1.82, 2.24) is 10.2 Å². The summed E-state index contributed by atoms with van der Waals surface area (Å²) in [5.41, 5.74) is 0. The van der Waals surface area contributed by atoms with E-state index in [1.807, 2.05) is 6.92 Å². The maximum Gasteiger partial charge on any atom is 0.332 e. The van der Waals surface area contributed by atoms with E-state index < -0.39 is 12.1 Å². The Labute approximate surface area is 110 Å². The first kappa shape index (κ1) is 14.0. The Kier molecular flexibility index (Phi) is 4.16. The van der Waals surface area contributed by atoms with Crippen molar-refractivity contribution >= 4 is 17.8 Å². The molecule has 3 unspecified atom stereocenters. The average molecular weight is 270 g/mol. The van der Waals surface area contributed by atoms with Crippen molar-refractivity contribution in [2.24, 2.45) is 0 Å². The Morgan fingerprint density at radius 2 is 2.21 bits per heavy atom. The molecular formula is C12H18N2O5. The predicted octanol–water partition coefficient (Wildman–Crippen LogP) is -0.644. The van der Waals surface area contributed by atoms with E-state index in [4.69, 9.17) is 9.84 Å². The molecule has 2 heterocycles. The van der Waals surface area contributed by atoms with Gasteiger partial charge in [-0.15, -0.1) is 0 Å². The molecule has 0 spiro atoms. The number of carbonyl (C=O) groups excluding carboxylic acids is 2. The molecule has 0 radical (unpaired) electrons. The van der Waals surface area contributed by atoms with Crippen molar-refractivity contribution in [1.29, 1.82) is 0 Å². The van der Waals surface area contributed by atoms with Gasteiger partial charge in [0.05, 0.1) is 18.7 Å². The lowest BCUT2D eigenvalue weighted by Gasteiger charge is -2.34. The van der Waals surface area contributed by atoms with Gasteiger partial charge < -0.3 is 9.84 Å². The molecule has 7 heteroatoms. The third kappa shape index (κ3) is 3.10. The number of imide groups is 1. The quantitative estimate of drug-likeness (QED) is 0.659. The highest BCUT2D eigenvalue weighted by atomic mass is 16.5. The Morgan fingerprint density at radius 1 is 1.47 bits per heavy atom. The normalized spacial score (nSPS) is 32.4. The number of rotatable bonds is 4. The Balaban J connectivity index is 1.95. The van der Waals surface area contributed by atoms with Gasteiger partial charge in [0.15, 0.2) is 6.10 Å². The second kappa shape index (κ2) is 5.66. The van der Waals surface area contributed by atoms with Crippen LogP contribution in [0.5, 0.6) is 0 Å². The number of amides is 2. The van der Waals surface area contributed by atoms with Gasteiger partial charge in [0.1, 0.15) is 0 Å². The van der Waals surface area contributed by atoms with Crippen LogP contribution in [0, 0.1) is 0 Å². The van der Waals surface area contributed by atoms with E-state index in [-0.39, 0.29) is 30.5 Å². The van der Waals surface area contributed by atoms with Crippen molar-refractivity contribution in [3.05, 3.63) is 0 Å². The van der Waals surface area contributed by atoms with Gasteiger partial charge in [0.25, 0.3) is 0 Å². The number of piperazine rings is 1. The van der Waals surface area contributed by atoms with Gasteiger partial charge in [-0.05, 0) is 19.3 Å². The molecule has 2 fully saturated rings. The predicted molar refractivity (Wildman–Crippen MR) is 64.3 cm³/mol. The van der Waals surface area contributed by atoms with Crippen molar-refractivity contribution in [2.75, 3.05) is 13.1 Å². The van der Waals surface area contributed by atoms with Crippen molar-refractivity contribution in [3.8, 4) is 0 Å². The van der Waals surface area contributed by atoms with Crippen LogP contribution < -0.4 is 5.32 Å². The van der Waals surface area contributed by atoms with Crippen LogP contribution in [-0.2, 0) is 19.1 Å². The topological polar surface area (TPSA) is 95.9 Å². The molecule has 7 nitrogen and oxygen atoms in total. The monoisotopic (exact) mass is 270 g/mol. The van der Waals surface area contributed by atoms with E-state index >= 15 is 0 Å². The molecule has 0 aromatic carbocycles. The first-order valence-electron chi connectivity index (χ1n) is 6.47. The fourth-order valence-corrected chi connectivity index (χ4v) is 2.64. The van der Waals surface area contributed by atoms with Crippen LogP contribution in [0.25, 0.3) is 0 Å². The first-order chi connectivity index (χ1) is 9.01. The summed E-state index contributed by atoms with van der Waals surface area (Å²) in [7, 11) is 0. The number of carboxylic acids is 1. The van der Waals surface area contributed by atoms with E-state index in [2.05, 4.69) is 5.32 Å². The molecule has 2 amide bonds. The molecular weight excluding hydrogens is 252 g/mol. The highest BCUT2D eigenvalue weighted by Crippen LogP contribution is 2.22. The zero-order valence-electron chi connectivity index (χ0n) is 10.8. The van der Waals surface area contributed by atoms with E-state index in [0.717, 1.165) is 0 Å². The lowest BCUT2D eigenvalue weighted by Crippen LogP contribution is -2.59. The zero-order valence-corrected chi connectivity index (χ0v) is 10.8. The van der Waals surface area contributed by atoms with Crippen LogP contribution >= 0.6 is 0 Å².